The standard InChI is InChI=1S/C26H33N2O2/c1-16(2)26(29)30-23-13-27(24-19(5)9-17(3)10-20(24)6)15-28(14-23)25-21(7)11-18(4)12-22(25)8/h9-12,15,23H,1,13-14H2,2-8H3/q+1. The van der Waals surface area contributed by atoms with Crippen LogP contribution in [0.4, 0.5) is 11.4 Å². The highest BCUT2D eigenvalue weighted by Crippen LogP contribution is 2.30. The first-order valence-electron chi connectivity index (χ1n) is 10.5. The Morgan fingerprint density at radius 1 is 0.967 bits per heavy atom. The van der Waals surface area contributed by atoms with Gasteiger partial charge in [-0.2, -0.15) is 0 Å². The van der Waals surface area contributed by atoms with Gasteiger partial charge < -0.3 is 4.74 Å². The zero-order valence-electron chi connectivity index (χ0n) is 19.3. The second-order valence-electron chi connectivity index (χ2n) is 8.72. The minimum atomic E-state index is -0.337. The van der Waals surface area contributed by atoms with Crippen LogP contribution in [0.1, 0.15) is 40.3 Å². The van der Waals surface area contributed by atoms with Gasteiger partial charge in [-0.1, -0.05) is 42.0 Å². The molecule has 0 bridgehead atoms. The number of esters is 1. The molecule has 0 amide bonds. The average molecular weight is 406 g/mol. The van der Waals surface area contributed by atoms with E-state index in [-0.39, 0.29) is 12.1 Å². The molecule has 3 rings (SSSR count). The van der Waals surface area contributed by atoms with Crippen molar-refractivity contribution in [3.05, 3.63) is 69.8 Å². The summed E-state index contributed by atoms with van der Waals surface area (Å²) in [6.07, 6.45) is 1.90. The maximum Gasteiger partial charge on any atom is 0.333 e. The fourth-order valence-corrected chi connectivity index (χ4v) is 4.63. The summed E-state index contributed by atoms with van der Waals surface area (Å²) < 4.78 is 8.05. The van der Waals surface area contributed by atoms with Crippen molar-refractivity contribution in [1.82, 2.24) is 0 Å². The molecule has 0 aromatic heterocycles. The second kappa shape index (κ2) is 8.47. The highest BCUT2D eigenvalue weighted by atomic mass is 16.5. The molecule has 1 unspecified atom stereocenters. The monoisotopic (exact) mass is 405 g/mol. The highest BCUT2D eigenvalue weighted by molar-refractivity contribution is 5.87. The molecular weight excluding hydrogens is 372 g/mol. The number of aryl methyl sites for hydroxylation is 6. The summed E-state index contributed by atoms with van der Waals surface area (Å²) in [5, 5.41) is 0. The van der Waals surface area contributed by atoms with Gasteiger partial charge in [0.2, 0.25) is 6.34 Å². The quantitative estimate of drug-likeness (QED) is 0.397. The average Bonchev–Trinajstić information content (AvgIpc) is 2.59. The largest absolute Gasteiger partial charge is 0.451 e. The molecule has 4 heteroatoms. The van der Waals surface area contributed by atoms with Crippen molar-refractivity contribution in [2.24, 2.45) is 0 Å². The van der Waals surface area contributed by atoms with Crippen molar-refractivity contribution in [3.8, 4) is 0 Å². The number of hydrogen-bond donors (Lipinski definition) is 0. The van der Waals surface area contributed by atoms with Crippen molar-refractivity contribution in [2.45, 2.75) is 54.6 Å². The van der Waals surface area contributed by atoms with Gasteiger partial charge in [-0.05, 0) is 70.7 Å². The molecular formula is C26H33N2O2+. The molecule has 0 aliphatic carbocycles. The van der Waals surface area contributed by atoms with Crippen LogP contribution in [0.3, 0.4) is 0 Å². The van der Waals surface area contributed by atoms with Crippen LogP contribution in [-0.4, -0.2) is 36.1 Å². The lowest BCUT2D eigenvalue weighted by Gasteiger charge is -2.29. The Labute approximate surface area is 180 Å². The number of hydrogen-bond acceptors (Lipinski definition) is 3. The molecule has 0 spiro atoms. The molecule has 0 radical (unpaired) electrons. The van der Waals surface area contributed by atoms with Crippen LogP contribution in [0, 0.1) is 41.5 Å². The van der Waals surface area contributed by atoms with E-state index in [4.69, 9.17) is 4.74 Å². The fraction of sp³-hybridized carbons (Fsp3) is 0.385. The molecule has 158 valence electrons. The third-order valence-electron chi connectivity index (χ3n) is 5.55. The molecule has 0 fully saturated rings. The van der Waals surface area contributed by atoms with Crippen molar-refractivity contribution in [3.63, 3.8) is 0 Å². The van der Waals surface area contributed by atoms with Crippen LogP contribution < -0.4 is 4.90 Å². The van der Waals surface area contributed by atoms with E-state index in [1.807, 2.05) is 0 Å². The van der Waals surface area contributed by atoms with E-state index in [1.165, 1.54) is 44.8 Å². The zero-order chi connectivity index (χ0) is 22.2. The Bertz CT molecular complexity index is 1000. The van der Waals surface area contributed by atoms with Gasteiger partial charge in [-0.3, -0.25) is 0 Å². The first-order chi connectivity index (χ1) is 14.1. The Morgan fingerprint density at radius 3 is 1.97 bits per heavy atom. The summed E-state index contributed by atoms with van der Waals surface area (Å²) in [5.74, 6) is -0.337. The smallest absolute Gasteiger partial charge is 0.333 e. The third kappa shape index (κ3) is 4.48. The number of ether oxygens (including phenoxy) is 1. The van der Waals surface area contributed by atoms with Gasteiger partial charge in [0, 0.05) is 5.57 Å². The number of anilines is 1. The first-order valence-corrected chi connectivity index (χ1v) is 10.5. The van der Waals surface area contributed by atoms with Crippen molar-refractivity contribution in [1.29, 1.82) is 0 Å². The molecule has 4 nitrogen and oxygen atoms in total. The number of rotatable bonds is 4. The van der Waals surface area contributed by atoms with Crippen LogP contribution in [-0.2, 0) is 9.53 Å². The highest BCUT2D eigenvalue weighted by Gasteiger charge is 2.33. The summed E-state index contributed by atoms with van der Waals surface area (Å²) in [4.78, 5) is 14.5. The van der Waals surface area contributed by atoms with Crippen molar-refractivity contribution >= 4 is 23.7 Å². The normalized spacial score (nSPS) is 16.3. The lowest BCUT2D eigenvalue weighted by molar-refractivity contribution is -0.453. The Balaban J connectivity index is 2.11. The maximum absolute atomic E-state index is 12.3. The van der Waals surface area contributed by atoms with Gasteiger partial charge in [0.25, 0.3) is 0 Å². The maximum atomic E-state index is 12.3. The van der Waals surface area contributed by atoms with Crippen LogP contribution in [0.2, 0.25) is 0 Å². The molecule has 30 heavy (non-hydrogen) atoms. The van der Waals surface area contributed by atoms with E-state index in [0.717, 1.165) is 0 Å². The second-order valence-corrected chi connectivity index (χ2v) is 8.72. The van der Waals surface area contributed by atoms with Crippen LogP contribution in [0.25, 0.3) is 0 Å². The Kier molecular flexibility index (Phi) is 6.16. The van der Waals surface area contributed by atoms with Crippen LogP contribution >= 0.6 is 0 Å². The summed E-state index contributed by atoms with van der Waals surface area (Å²) in [7, 11) is 0. The van der Waals surface area contributed by atoms with Gasteiger partial charge in [0.05, 0.1) is 0 Å². The van der Waals surface area contributed by atoms with Crippen molar-refractivity contribution < 1.29 is 14.1 Å². The summed E-state index contributed by atoms with van der Waals surface area (Å²) in [5.41, 5.74) is 10.1. The van der Waals surface area contributed by atoms with Gasteiger partial charge in [-0.25, -0.2) is 14.3 Å². The van der Waals surface area contributed by atoms with E-state index in [1.54, 1.807) is 6.92 Å². The van der Waals surface area contributed by atoms with Gasteiger partial charge in [0.15, 0.2) is 6.10 Å². The fourth-order valence-electron chi connectivity index (χ4n) is 4.63. The summed E-state index contributed by atoms with van der Waals surface area (Å²) >= 11 is 0. The lowest BCUT2D eigenvalue weighted by Crippen LogP contribution is -2.46. The predicted molar refractivity (Wildman–Crippen MR) is 124 cm³/mol. The molecule has 0 saturated carbocycles. The molecule has 1 heterocycles. The Morgan fingerprint density at radius 2 is 1.47 bits per heavy atom. The molecule has 1 aliphatic heterocycles. The van der Waals surface area contributed by atoms with Gasteiger partial charge in [0.1, 0.15) is 24.5 Å². The number of carbonyl (C=O) groups is 1. The topological polar surface area (TPSA) is 32.5 Å². The van der Waals surface area contributed by atoms with Crippen LogP contribution in [0.5, 0.6) is 0 Å². The number of benzene rings is 2. The molecule has 1 aliphatic rings. The van der Waals surface area contributed by atoms with E-state index < -0.39 is 0 Å². The zero-order valence-corrected chi connectivity index (χ0v) is 19.3. The predicted octanol–water partition coefficient (Wildman–Crippen LogP) is 5.22. The van der Waals surface area contributed by atoms with E-state index in [9.17, 15) is 4.79 Å². The lowest BCUT2D eigenvalue weighted by atomic mass is 10.0. The third-order valence-corrected chi connectivity index (χ3v) is 5.55. The molecule has 2 aromatic carbocycles. The summed E-state index contributed by atoms with van der Waals surface area (Å²) in [6, 6.07) is 8.80. The minimum Gasteiger partial charge on any atom is -0.451 e. The molecule has 1 atom stereocenters. The van der Waals surface area contributed by atoms with Gasteiger partial charge in [-0.15, -0.1) is 0 Å². The van der Waals surface area contributed by atoms with Gasteiger partial charge >= 0.3 is 5.97 Å². The first kappa shape index (κ1) is 21.8. The molecule has 0 saturated heterocycles. The molecule has 0 N–H and O–H groups in total. The van der Waals surface area contributed by atoms with Crippen molar-refractivity contribution in [2.75, 3.05) is 18.0 Å². The van der Waals surface area contributed by atoms with E-state index in [2.05, 4.69) is 88.2 Å². The summed E-state index contributed by atoms with van der Waals surface area (Å²) in [6.45, 7) is 19.4. The minimum absolute atomic E-state index is 0.264. The number of carbonyl (C=O) groups excluding carboxylic acids is 1. The Hall–Kier alpha value is -2.88. The SMILES string of the molecule is C=C(C)C(=O)OC1CN(c2c(C)cc(C)cc2C)C=[N+](c2c(C)cc(C)cc2C)C1. The molecule has 2 aromatic rings. The van der Waals surface area contributed by atoms with E-state index >= 15 is 0 Å². The van der Waals surface area contributed by atoms with E-state index in [0.29, 0.717) is 18.7 Å². The van der Waals surface area contributed by atoms with Crippen LogP contribution in [0.15, 0.2) is 36.4 Å². The number of nitrogens with zero attached hydrogens (tertiary/aromatic N) is 2.